The zero-order valence-electron chi connectivity index (χ0n) is 14.7. The molecule has 1 heterocycles. The van der Waals surface area contributed by atoms with Crippen molar-refractivity contribution in [2.45, 2.75) is 0 Å². The number of halogens is 1. The second kappa shape index (κ2) is 8.24. The van der Waals surface area contributed by atoms with E-state index in [2.05, 4.69) is 20.6 Å². The standard InChI is InChI=1S/C19H13ClN6O3/c20-11-4-6-12(7-5-11)24-19-25-15(14(9-21)17(28)26-19)10-2-1-3-13(8-10)23-18(29)16(22)27/h1-8H,(H2,22,27)(H,23,29)(H2,24,25,26,28). The second-order valence-electron chi connectivity index (χ2n) is 5.78. The van der Waals surface area contributed by atoms with Gasteiger partial charge in [-0.3, -0.25) is 19.4 Å². The summed E-state index contributed by atoms with van der Waals surface area (Å²) in [6, 6.07) is 14.7. The van der Waals surface area contributed by atoms with E-state index in [1.54, 1.807) is 36.4 Å². The number of nitrogens with zero attached hydrogens (tertiary/aromatic N) is 2. The smallest absolute Gasteiger partial charge is 0.313 e. The van der Waals surface area contributed by atoms with Crippen LogP contribution < -0.4 is 21.9 Å². The average molecular weight is 409 g/mol. The molecule has 0 aliphatic rings. The molecular weight excluding hydrogens is 396 g/mol. The molecule has 5 N–H and O–H groups in total. The van der Waals surface area contributed by atoms with E-state index in [-0.39, 0.29) is 22.9 Å². The molecule has 0 bridgehead atoms. The summed E-state index contributed by atoms with van der Waals surface area (Å²) in [4.78, 5) is 41.6. The lowest BCUT2D eigenvalue weighted by atomic mass is 10.1. The van der Waals surface area contributed by atoms with Crippen molar-refractivity contribution in [3.8, 4) is 17.3 Å². The average Bonchev–Trinajstić information content (AvgIpc) is 2.69. The molecule has 9 nitrogen and oxygen atoms in total. The van der Waals surface area contributed by atoms with Crippen molar-refractivity contribution < 1.29 is 9.59 Å². The number of H-pyrrole nitrogens is 1. The van der Waals surface area contributed by atoms with Gasteiger partial charge in [0.25, 0.3) is 5.56 Å². The number of rotatable bonds is 4. The normalized spacial score (nSPS) is 10.1. The Kier molecular flexibility index (Phi) is 5.57. The molecule has 3 aromatic rings. The van der Waals surface area contributed by atoms with Crippen LogP contribution in [0.3, 0.4) is 0 Å². The van der Waals surface area contributed by atoms with E-state index in [1.807, 2.05) is 6.07 Å². The molecule has 0 aliphatic carbocycles. The molecule has 29 heavy (non-hydrogen) atoms. The predicted molar refractivity (Wildman–Crippen MR) is 108 cm³/mol. The van der Waals surface area contributed by atoms with Gasteiger partial charge in [-0.15, -0.1) is 0 Å². The fourth-order valence-electron chi connectivity index (χ4n) is 2.45. The first-order valence-electron chi connectivity index (χ1n) is 8.15. The molecule has 0 saturated heterocycles. The van der Waals surface area contributed by atoms with Crippen LogP contribution in [0.5, 0.6) is 0 Å². The van der Waals surface area contributed by atoms with Crippen molar-refractivity contribution in [1.29, 1.82) is 5.26 Å². The fraction of sp³-hybridized carbons (Fsp3) is 0. The Balaban J connectivity index is 2.02. The summed E-state index contributed by atoms with van der Waals surface area (Å²) in [6.45, 7) is 0. The van der Waals surface area contributed by atoms with Crippen molar-refractivity contribution >= 4 is 40.7 Å². The summed E-state index contributed by atoms with van der Waals surface area (Å²) in [6.07, 6.45) is 0. The van der Waals surface area contributed by atoms with Gasteiger partial charge in [0.05, 0.1) is 5.69 Å². The van der Waals surface area contributed by atoms with Gasteiger partial charge in [0.2, 0.25) is 5.95 Å². The van der Waals surface area contributed by atoms with E-state index >= 15 is 0 Å². The molecule has 0 unspecified atom stereocenters. The van der Waals surface area contributed by atoms with Crippen molar-refractivity contribution in [1.82, 2.24) is 9.97 Å². The molecule has 2 aromatic carbocycles. The molecule has 0 fully saturated rings. The molecule has 2 amide bonds. The van der Waals surface area contributed by atoms with E-state index in [0.29, 0.717) is 16.3 Å². The summed E-state index contributed by atoms with van der Waals surface area (Å²) in [5.74, 6) is -2.03. The van der Waals surface area contributed by atoms with E-state index < -0.39 is 17.4 Å². The van der Waals surface area contributed by atoms with Crippen LogP contribution >= 0.6 is 11.6 Å². The first kappa shape index (κ1) is 19.6. The number of aromatic nitrogens is 2. The molecule has 10 heteroatoms. The third-order valence-electron chi connectivity index (χ3n) is 3.76. The molecule has 0 radical (unpaired) electrons. The number of benzene rings is 2. The van der Waals surface area contributed by atoms with Crippen molar-refractivity contribution in [2.24, 2.45) is 5.73 Å². The zero-order chi connectivity index (χ0) is 21.0. The Bertz CT molecular complexity index is 1200. The van der Waals surface area contributed by atoms with Crippen LogP contribution in [0.25, 0.3) is 11.3 Å². The number of nitriles is 1. The van der Waals surface area contributed by atoms with Crippen LogP contribution in [0.2, 0.25) is 5.02 Å². The quantitative estimate of drug-likeness (QED) is 0.485. The number of aromatic amines is 1. The number of nitrogens with one attached hydrogen (secondary N) is 3. The maximum Gasteiger partial charge on any atom is 0.313 e. The predicted octanol–water partition coefficient (Wildman–Crippen LogP) is 2.13. The summed E-state index contributed by atoms with van der Waals surface area (Å²) in [5, 5.41) is 15.2. The van der Waals surface area contributed by atoms with Crippen LogP contribution in [0.15, 0.2) is 53.3 Å². The fourth-order valence-corrected chi connectivity index (χ4v) is 2.58. The first-order chi connectivity index (χ1) is 13.9. The van der Waals surface area contributed by atoms with Crippen molar-refractivity contribution in [2.75, 3.05) is 10.6 Å². The SMILES string of the molecule is N#Cc1c(-c2cccc(NC(=O)C(N)=O)c2)nc(Nc2ccc(Cl)cc2)[nH]c1=O. The Morgan fingerprint density at radius 1 is 1.14 bits per heavy atom. The van der Waals surface area contributed by atoms with E-state index in [4.69, 9.17) is 17.3 Å². The van der Waals surface area contributed by atoms with Crippen LogP contribution in [0.1, 0.15) is 5.56 Å². The van der Waals surface area contributed by atoms with Gasteiger partial charge in [-0.25, -0.2) is 4.98 Å². The summed E-state index contributed by atoms with van der Waals surface area (Å²) < 4.78 is 0. The number of amides is 2. The van der Waals surface area contributed by atoms with Gasteiger partial charge in [0.1, 0.15) is 11.6 Å². The van der Waals surface area contributed by atoms with Gasteiger partial charge in [0.15, 0.2) is 0 Å². The number of carbonyl (C=O) groups is 2. The van der Waals surface area contributed by atoms with Crippen molar-refractivity contribution in [3.63, 3.8) is 0 Å². The molecule has 3 rings (SSSR count). The number of anilines is 3. The second-order valence-corrected chi connectivity index (χ2v) is 6.22. The third-order valence-corrected chi connectivity index (χ3v) is 4.01. The molecule has 0 atom stereocenters. The highest BCUT2D eigenvalue weighted by molar-refractivity contribution is 6.39. The largest absolute Gasteiger partial charge is 0.361 e. The summed E-state index contributed by atoms with van der Waals surface area (Å²) in [5.41, 5.74) is 5.45. The molecule has 0 spiro atoms. The van der Waals surface area contributed by atoms with Gasteiger partial charge in [-0.2, -0.15) is 5.26 Å². The number of primary amides is 1. The van der Waals surface area contributed by atoms with Crippen molar-refractivity contribution in [3.05, 3.63) is 69.5 Å². The molecule has 0 aliphatic heterocycles. The van der Waals surface area contributed by atoms with Gasteiger partial charge in [-0.05, 0) is 36.4 Å². The topological polar surface area (TPSA) is 154 Å². The summed E-state index contributed by atoms with van der Waals surface area (Å²) >= 11 is 5.86. The minimum Gasteiger partial charge on any atom is -0.361 e. The van der Waals surface area contributed by atoms with Crippen LogP contribution in [0.4, 0.5) is 17.3 Å². The Hall–Kier alpha value is -4.16. The third kappa shape index (κ3) is 4.58. The first-order valence-corrected chi connectivity index (χ1v) is 8.53. The Labute approximate surface area is 169 Å². The highest BCUT2D eigenvalue weighted by Crippen LogP contribution is 2.24. The summed E-state index contributed by atoms with van der Waals surface area (Å²) in [7, 11) is 0. The highest BCUT2D eigenvalue weighted by Gasteiger charge is 2.15. The van der Waals surface area contributed by atoms with Gasteiger partial charge in [-0.1, -0.05) is 23.7 Å². The molecule has 144 valence electrons. The molecule has 0 saturated carbocycles. The van der Waals surface area contributed by atoms with Crippen LogP contribution in [-0.2, 0) is 9.59 Å². The number of hydrogen-bond donors (Lipinski definition) is 4. The maximum atomic E-state index is 12.4. The Morgan fingerprint density at radius 3 is 2.52 bits per heavy atom. The Morgan fingerprint density at radius 2 is 1.86 bits per heavy atom. The zero-order valence-corrected chi connectivity index (χ0v) is 15.4. The minimum absolute atomic E-state index is 0.0999. The van der Waals surface area contributed by atoms with E-state index in [0.717, 1.165) is 0 Å². The number of carbonyl (C=O) groups excluding carboxylic acids is 2. The van der Waals surface area contributed by atoms with Gasteiger partial charge >= 0.3 is 11.8 Å². The van der Waals surface area contributed by atoms with Gasteiger partial charge in [0, 0.05) is 22.0 Å². The number of nitrogens with two attached hydrogens (primary N) is 1. The maximum absolute atomic E-state index is 12.4. The number of hydrogen-bond acceptors (Lipinski definition) is 6. The minimum atomic E-state index is -1.14. The van der Waals surface area contributed by atoms with E-state index in [9.17, 15) is 19.6 Å². The highest BCUT2D eigenvalue weighted by atomic mass is 35.5. The van der Waals surface area contributed by atoms with Crippen LogP contribution in [-0.4, -0.2) is 21.8 Å². The lowest BCUT2D eigenvalue weighted by Gasteiger charge is -2.10. The van der Waals surface area contributed by atoms with E-state index in [1.165, 1.54) is 12.1 Å². The molecular formula is C19H13ClN6O3. The molecule has 1 aromatic heterocycles. The van der Waals surface area contributed by atoms with Crippen LogP contribution in [0, 0.1) is 11.3 Å². The lowest BCUT2D eigenvalue weighted by Crippen LogP contribution is -2.29. The van der Waals surface area contributed by atoms with Gasteiger partial charge < -0.3 is 16.4 Å². The monoisotopic (exact) mass is 408 g/mol. The lowest BCUT2D eigenvalue weighted by molar-refractivity contribution is -0.134.